The van der Waals surface area contributed by atoms with Crippen LogP contribution in [0.25, 0.3) is 0 Å². The number of ether oxygens (including phenoxy) is 1. The highest BCUT2D eigenvalue weighted by Crippen LogP contribution is 2.31. The predicted molar refractivity (Wildman–Crippen MR) is 140 cm³/mol. The van der Waals surface area contributed by atoms with Crippen LogP contribution in [-0.4, -0.2) is 53.9 Å². The van der Waals surface area contributed by atoms with E-state index in [0.29, 0.717) is 17.7 Å². The van der Waals surface area contributed by atoms with E-state index < -0.39 is 0 Å². The summed E-state index contributed by atoms with van der Waals surface area (Å²) in [5.41, 5.74) is 1.82. The Morgan fingerprint density at radius 3 is 2.37 bits per heavy atom. The molecule has 2 atom stereocenters. The van der Waals surface area contributed by atoms with Crippen molar-refractivity contribution in [3.05, 3.63) is 65.7 Å². The number of amides is 2. The summed E-state index contributed by atoms with van der Waals surface area (Å²) < 4.78 is 6.60. The first-order valence-corrected chi connectivity index (χ1v) is 13.5. The summed E-state index contributed by atoms with van der Waals surface area (Å²) in [6.07, 6.45) is 10.6. The van der Waals surface area contributed by atoms with Crippen molar-refractivity contribution in [2.24, 2.45) is 0 Å². The van der Waals surface area contributed by atoms with E-state index in [1.54, 1.807) is 0 Å². The number of fused-ring (bicyclic) bond motifs is 2. The number of hydrogen-bond donors (Lipinski definition) is 0. The van der Waals surface area contributed by atoms with Crippen LogP contribution in [0.3, 0.4) is 0 Å². The van der Waals surface area contributed by atoms with Crippen LogP contribution in [0.15, 0.2) is 54.6 Å². The van der Waals surface area contributed by atoms with Gasteiger partial charge in [-0.2, -0.15) is 0 Å². The van der Waals surface area contributed by atoms with E-state index in [1.165, 1.54) is 5.56 Å². The molecular formula is C30H40N2O3. The number of aryl methyl sites for hydroxylation is 1. The summed E-state index contributed by atoms with van der Waals surface area (Å²) in [6, 6.07) is 17.9. The Kier molecular flexibility index (Phi) is 9.21. The quantitative estimate of drug-likeness (QED) is 0.556. The van der Waals surface area contributed by atoms with Crippen LogP contribution >= 0.6 is 0 Å². The van der Waals surface area contributed by atoms with Crippen molar-refractivity contribution < 1.29 is 14.3 Å². The lowest BCUT2D eigenvalue weighted by Crippen LogP contribution is -2.51. The highest BCUT2D eigenvalue weighted by Gasteiger charge is 2.35. The number of benzene rings is 2. The second kappa shape index (κ2) is 12.8. The molecular weight excluding hydrogens is 436 g/mol. The number of carbonyl (C=O) groups is 2. The smallest absolute Gasteiger partial charge is 0.257 e. The van der Waals surface area contributed by atoms with E-state index in [1.807, 2.05) is 54.4 Å². The Hall–Kier alpha value is -2.82. The lowest BCUT2D eigenvalue weighted by atomic mass is 9.90. The third-order valence-corrected chi connectivity index (χ3v) is 7.49. The first-order valence-electron chi connectivity index (χ1n) is 13.5. The molecule has 5 nitrogen and oxygen atoms in total. The second-order valence-electron chi connectivity index (χ2n) is 10.1. The molecule has 1 fully saturated rings. The van der Waals surface area contributed by atoms with Crippen LogP contribution in [-0.2, 0) is 11.2 Å². The first kappa shape index (κ1) is 25.3. The molecule has 5 heteroatoms. The molecule has 1 heterocycles. The molecule has 2 aliphatic rings. The first-order chi connectivity index (χ1) is 17.1. The van der Waals surface area contributed by atoms with Crippen molar-refractivity contribution in [2.45, 2.75) is 82.8 Å². The van der Waals surface area contributed by atoms with Gasteiger partial charge in [-0.3, -0.25) is 9.59 Å². The minimum absolute atomic E-state index is 0.0126. The van der Waals surface area contributed by atoms with E-state index >= 15 is 0 Å². The van der Waals surface area contributed by atoms with Gasteiger partial charge in [0.05, 0.1) is 11.6 Å². The van der Waals surface area contributed by atoms with Crippen molar-refractivity contribution in [1.29, 1.82) is 0 Å². The zero-order chi connectivity index (χ0) is 24.5. The van der Waals surface area contributed by atoms with Crippen LogP contribution in [0.5, 0.6) is 5.75 Å². The zero-order valence-corrected chi connectivity index (χ0v) is 21.2. The van der Waals surface area contributed by atoms with Gasteiger partial charge >= 0.3 is 0 Å². The largest absolute Gasteiger partial charge is 0.487 e. The monoisotopic (exact) mass is 476 g/mol. The van der Waals surface area contributed by atoms with Gasteiger partial charge in [0.2, 0.25) is 5.91 Å². The summed E-state index contributed by atoms with van der Waals surface area (Å²) in [7, 11) is 1.88. The fraction of sp³-hybridized carbons (Fsp3) is 0.533. The molecule has 0 aromatic heterocycles. The lowest BCUT2D eigenvalue weighted by Gasteiger charge is -2.40. The Morgan fingerprint density at radius 1 is 0.857 bits per heavy atom. The summed E-state index contributed by atoms with van der Waals surface area (Å²) in [5.74, 6) is 0.884. The van der Waals surface area contributed by atoms with E-state index in [2.05, 4.69) is 17.0 Å². The van der Waals surface area contributed by atoms with Gasteiger partial charge in [0.25, 0.3) is 5.91 Å². The number of para-hydroxylation sites is 1. The zero-order valence-electron chi connectivity index (χ0n) is 21.2. The topological polar surface area (TPSA) is 49.9 Å². The van der Waals surface area contributed by atoms with Gasteiger partial charge < -0.3 is 14.5 Å². The second-order valence-corrected chi connectivity index (χ2v) is 10.1. The Balaban J connectivity index is 1.57. The molecule has 1 saturated carbocycles. The van der Waals surface area contributed by atoms with Gasteiger partial charge in [-0.25, -0.2) is 0 Å². The molecule has 188 valence electrons. The SMILES string of the molecule is CN1CCCCCCCN(C(=O)CCc2ccccc2)[C@@H]2CCCC[C@@H]2Oc2ccccc2C1=O. The van der Waals surface area contributed by atoms with Crippen LogP contribution in [0.4, 0.5) is 0 Å². The molecule has 35 heavy (non-hydrogen) atoms. The minimum atomic E-state index is -0.0891. The van der Waals surface area contributed by atoms with E-state index in [4.69, 9.17) is 4.74 Å². The van der Waals surface area contributed by atoms with Crippen molar-refractivity contribution >= 4 is 11.8 Å². The standard InChI is InChI=1S/C30H40N2O3/c1-31-22-12-3-2-4-13-23-32(29(33)21-20-24-14-6-5-7-15-24)26-17-9-11-19-28(26)35-27-18-10-8-16-25(27)30(31)34/h5-8,10,14-16,18,26,28H,2-4,9,11-13,17,19-23H2,1H3/t26-,28+/m1/s1. The van der Waals surface area contributed by atoms with Crippen LogP contribution < -0.4 is 4.74 Å². The van der Waals surface area contributed by atoms with Crippen molar-refractivity contribution in [2.75, 3.05) is 20.1 Å². The van der Waals surface area contributed by atoms with Gasteiger partial charge in [0.15, 0.2) is 0 Å². The van der Waals surface area contributed by atoms with Gasteiger partial charge in [0.1, 0.15) is 11.9 Å². The summed E-state index contributed by atoms with van der Waals surface area (Å²) in [4.78, 5) is 30.7. The predicted octanol–water partition coefficient (Wildman–Crippen LogP) is 5.87. The molecule has 1 aliphatic carbocycles. The Bertz CT molecular complexity index is 961. The molecule has 2 aromatic rings. The molecule has 0 saturated heterocycles. The number of nitrogens with zero attached hydrogens (tertiary/aromatic N) is 2. The van der Waals surface area contributed by atoms with E-state index in [9.17, 15) is 9.59 Å². The summed E-state index contributed by atoms with van der Waals surface area (Å²) >= 11 is 0. The molecule has 1 aliphatic heterocycles. The van der Waals surface area contributed by atoms with Crippen LogP contribution in [0.1, 0.15) is 80.1 Å². The Morgan fingerprint density at radius 2 is 1.54 bits per heavy atom. The van der Waals surface area contributed by atoms with Crippen LogP contribution in [0.2, 0.25) is 0 Å². The number of hydrogen-bond acceptors (Lipinski definition) is 3. The molecule has 0 spiro atoms. The van der Waals surface area contributed by atoms with Crippen molar-refractivity contribution in [3.8, 4) is 5.75 Å². The Labute approximate surface area is 210 Å². The molecule has 0 radical (unpaired) electrons. The maximum absolute atomic E-state index is 13.6. The van der Waals surface area contributed by atoms with Crippen molar-refractivity contribution in [1.82, 2.24) is 9.80 Å². The van der Waals surface area contributed by atoms with Gasteiger partial charge in [-0.15, -0.1) is 0 Å². The fourth-order valence-electron chi connectivity index (χ4n) is 5.46. The van der Waals surface area contributed by atoms with Gasteiger partial charge in [-0.1, -0.05) is 68.1 Å². The van der Waals surface area contributed by atoms with E-state index in [-0.39, 0.29) is 24.0 Å². The summed E-state index contributed by atoms with van der Waals surface area (Å²) in [6.45, 7) is 1.54. The van der Waals surface area contributed by atoms with Gasteiger partial charge in [-0.05, 0) is 56.2 Å². The average Bonchev–Trinajstić information content (AvgIpc) is 2.90. The maximum atomic E-state index is 13.6. The fourth-order valence-corrected chi connectivity index (χ4v) is 5.46. The number of carbonyl (C=O) groups excluding carboxylic acids is 2. The normalized spacial score (nSPS) is 22.3. The van der Waals surface area contributed by atoms with Crippen molar-refractivity contribution in [3.63, 3.8) is 0 Å². The minimum Gasteiger partial charge on any atom is -0.487 e. The third-order valence-electron chi connectivity index (χ3n) is 7.49. The highest BCUT2D eigenvalue weighted by atomic mass is 16.5. The van der Waals surface area contributed by atoms with E-state index in [0.717, 1.165) is 77.3 Å². The molecule has 0 bridgehead atoms. The average molecular weight is 477 g/mol. The molecule has 2 aromatic carbocycles. The molecule has 0 unspecified atom stereocenters. The lowest BCUT2D eigenvalue weighted by molar-refractivity contribution is -0.136. The molecule has 2 amide bonds. The maximum Gasteiger partial charge on any atom is 0.257 e. The third kappa shape index (κ3) is 6.87. The summed E-state index contributed by atoms with van der Waals surface area (Å²) in [5, 5.41) is 0. The highest BCUT2D eigenvalue weighted by molar-refractivity contribution is 5.96. The molecule has 4 rings (SSSR count). The van der Waals surface area contributed by atoms with Gasteiger partial charge in [0, 0.05) is 26.6 Å². The molecule has 0 N–H and O–H groups in total. The number of rotatable bonds is 3. The van der Waals surface area contributed by atoms with Crippen LogP contribution in [0, 0.1) is 0 Å².